The minimum Gasteiger partial charge on any atom is -0.341 e. The summed E-state index contributed by atoms with van der Waals surface area (Å²) >= 11 is 0. The fourth-order valence-electron chi connectivity index (χ4n) is 3.17. The highest BCUT2D eigenvalue weighted by Crippen LogP contribution is 2.18. The maximum Gasteiger partial charge on any atom is 0.253 e. The van der Waals surface area contributed by atoms with E-state index in [4.69, 9.17) is 0 Å². The van der Waals surface area contributed by atoms with Crippen LogP contribution < -0.4 is 4.72 Å². The van der Waals surface area contributed by atoms with Crippen LogP contribution in [0, 0.1) is 0 Å². The molecule has 0 radical (unpaired) electrons. The summed E-state index contributed by atoms with van der Waals surface area (Å²) in [7, 11) is -2.04. The minimum atomic E-state index is -3.77. The predicted octanol–water partition coefficient (Wildman–Crippen LogP) is 4.04. The molecule has 3 aromatic rings. The molecule has 0 aliphatic carbocycles. The zero-order chi connectivity index (χ0) is 21.6. The molecule has 1 amide bonds. The average molecular weight is 423 g/mol. The largest absolute Gasteiger partial charge is 0.341 e. The standard InChI is InChI=1S/C24H26N2O3S/c1-19(21-12-7-4-8-13-21)25-30(28,29)23-15-9-14-22(18-23)24(27)26(2)17-16-20-10-5-3-6-11-20/h3-15,18-19,25H,16-17H2,1-2H3. The van der Waals surface area contributed by atoms with Gasteiger partial charge >= 0.3 is 0 Å². The van der Waals surface area contributed by atoms with Crippen LogP contribution in [0.2, 0.25) is 0 Å². The van der Waals surface area contributed by atoms with Gasteiger partial charge in [0, 0.05) is 25.2 Å². The van der Waals surface area contributed by atoms with Crippen LogP contribution in [0.5, 0.6) is 0 Å². The van der Waals surface area contributed by atoms with E-state index in [-0.39, 0.29) is 16.8 Å². The number of carbonyl (C=O) groups excluding carboxylic acids is 1. The van der Waals surface area contributed by atoms with Gasteiger partial charge in [-0.2, -0.15) is 0 Å². The summed E-state index contributed by atoms with van der Waals surface area (Å²) in [4.78, 5) is 14.5. The fourth-order valence-corrected chi connectivity index (χ4v) is 4.45. The maximum absolute atomic E-state index is 12.8. The van der Waals surface area contributed by atoms with Crippen molar-refractivity contribution in [3.05, 3.63) is 102 Å². The number of nitrogens with zero attached hydrogens (tertiary/aromatic N) is 1. The number of nitrogens with one attached hydrogen (secondary N) is 1. The van der Waals surface area contributed by atoms with Crippen LogP contribution in [0.1, 0.15) is 34.5 Å². The zero-order valence-corrected chi connectivity index (χ0v) is 18.0. The summed E-state index contributed by atoms with van der Waals surface area (Å²) in [5.41, 5.74) is 2.36. The lowest BCUT2D eigenvalue weighted by atomic mass is 10.1. The Kier molecular flexibility index (Phi) is 7.03. The molecule has 0 aromatic heterocycles. The van der Waals surface area contributed by atoms with E-state index in [2.05, 4.69) is 4.72 Å². The zero-order valence-electron chi connectivity index (χ0n) is 17.2. The highest BCUT2D eigenvalue weighted by molar-refractivity contribution is 7.89. The minimum absolute atomic E-state index is 0.0765. The Bertz CT molecular complexity index is 1080. The van der Waals surface area contributed by atoms with E-state index in [1.165, 1.54) is 12.1 Å². The Balaban J connectivity index is 1.70. The number of hydrogen-bond donors (Lipinski definition) is 1. The Morgan fingerprint density at radius 1 is 0.933 bits per heavy atom. The number of hydrogen-bond acceptors (Lipinski definition) is 3. The molecule has 0 fully saturated rings. The van der Waals surface area contributed by atoms with Gasteiger partial charge in [-0.15, -0.1) is 0 Å². The van der Waals surface area contributed by atoms with Gasteiger partial charge in [-0.05, 0) is 42.7 Å². The van der Waals surface area contributed by atoms with Gasteiger partial charge in [0.25, 0.3) is 5.91 Å². The van der Waals surface area contributed by atoms with Gasteiger partial charge in [0.15, 0.2) is 0 Å². The van der Waals surface area contributed by atoms with Crippen LogP contribution in [0.25, 0.3) is 0 Å². The molecule has 5 nitrogen and oxygen atoms in total. The van der Waals surface area contributed by atoms with E-state index < -0.39 is 10.0 Å². The Morgan fingerprint density at radius 3 is 2.23 bits per heavy atom. The summed E-state index contributed by atoms with van der Waals surface area (Å²) in [5, 5.41) is 0. The molecule has 1 unspecified atom stereocenters. The van der Waals surface area contributed by atoms with Crippen LogP contribution in [0.15, 0.2) is 89.8 Å². The molecular weight excluding hydrogens is 396 g/mol. The Hall–Kier alpha value is -2.96. The van der Waals surface area contributed by atoms with Crippen molar-refractivity contribution in [2.45, 2.75) is 24.3 Å². The van der Waals surface area contributed by atoms with Gasteiger partial charge in [0.05, 0.1) is 4.90 Å². The quantitative estimate of drug-likeness (QED) is 0.596. The number of benzene rings is 3. The van der Waals surface area contributed by atoms with Crippen molar-refractivity contribution in [1.82, 2.24) is 9.62 Å². The first kappa shape index (κ1) is 21.7. The first-order chi connectivity index (χ1) is 14.4. The number of likely N-dealkylation sites (N-methyl/N-ethyl adjacent to an activating group) is 1. The molecule has 0 bridgehead atoms. The van der Waals surface area contributed by atoms with E-state index in [0.29, 0.717) is 12.1 Å². The number of rotatable bonds is 8. The third kappa shape index (κ3) is 5.55. The molecule has 0 spiro atoms. The smallest absolute Gasteiger partial charge is 0.253 e. The summed E-state index contributed by atoms with van der Waals surface area (Å²) in [6.45, 7) is 2.34. The van der Waals surface area contributed by atoms with Gasteiger partial charge in [0.2, 0.25) is 10.0 Å². The third-order valence-corrected chi connectivity index (χ3v) is 6.49. The van der Waals surface area contributed by atoms with Crippen LogP contribution in [0.4, 0.5) is 0 Å². The lowest BCUT2D eigenvalue weighted by Gasteiger charge is -2.18. The SMILES string of the molecule is CC(NS(=O)(=O)c1cccc(C(=O)N(C)CCc2ccccc2)c1)c1ccccc1. The van der Waals surface area contributed by atoms with Gasteiger partial charge in [-0.3, -0.25) is 4.79 Å². The van der Waals surface area contributed by atoms with Gasteiger partial charge in [0.1, 0.15) is 0 Å². The predicted molar refractivity (Wildman–Crippen MR) is 119 cm³/mol. The van der Waals surface area contributed by atoms with Crippen LogP contribution in [-0.4, -0.2) is 32.8 Å². The number of sulfonamides is 1. The summed E-state index contributed by atoms with van der Waals surface area (Å²) in [6, 6.07) is 25.1. The van der Waals surface area contributed by atoms with E-state index >= 15 is 0 Å². The van der Waals surface area contributed by atoms with Crippen molar-refractivity contribution in [3.63, 3.8) is 0 Å². The molecule has 3 rings (SSSR count). The number of carbonyl (C=O) groups is 1. The lowest BCUT2D eigenvalue weighted by molar-refractivity contribution is 0.0796. The second kappa shape index (κ2) is 9.69. The molecule has 0 heterocycles. The van der Waals surface area contributed by atoms with Crippen LogP contribution in [0.3, 0.4) is 0 Å². The van der Waals surface area contributed by atoms with Gasteiger partial charge in [-0.1, -0.05) is 66.7 Å². The topological polar surface area (TPSA) is 66.5 Å². The summed E-state index contributed by atoms with van der Waals surface area (Å²) in [5.74, 6) is -0.209. The number of amides is 1. The van der Waals surface area contributed by atoms with E-state index in [9.17, 15) is 13.2 Å². The average Bonchev–Trinajstić information content (AvgIpc) is 2.78. The Labute approximate surface area is 178 Å². The highest BCUT2D eigenvalue weighted by atomic mass is 32.2. The lowest BCUT2D eigenvalue weighted by Crippen LogP contribution is -2.30. The van der Waals surface area contributed by atoms with Crippen molar-refractivity contribution >= 4 is 15.9 Å². The fraction of sp³-hybridized carbons (Fsp3) is 0.208. The normalized spacial score (nSPS) is 12.3. The van der Waals surface area contributed by atoms with Crippen molar-refractivity contribution in [2.24, 2.45) is 0 Å². The first-order valence-corrected chi connectivity index (χ1v) is 11.3. The van der Waals surface area contributed by atoms with E-state index in [1.54, 1.807) is 31.0 Å². The van der Waals surface area contributed by atoms with Gasteiger partial charge in [-0.25, -0.2) is 13.1 Å². The molecule has 1 N–H and O–H groups in total. The molecule has 30 heavy (non-hydrogen) atoms. The van der Waals surface area contributed by atoms with Crippen molar-refractivity contribution in [2.75, 3.05) is 13.6 Å². The molecule has 0 aliphatic rings. The van der Waals surface area contributed by atoms with Crippen LogP contribution >= 0.6 is 0 Å². The molecule has 0 saturated heterocycles. The molecule has 156 valence electrons. The monoisotopic (exact) mass is 422 g/mol. The van der Waals surface area contributed by atoms with Crippen molar-refractivity contribution in [1.29, 1.82) is 0 Å². The maximum atomic E-state index is 12.8. The molecule has 6 heteroatoms. The molecular formula is C24H26N2O3S. The summed E-state index contributed by atoms with van der Waals surface area (Å²) < 4.78 is 28.3. The van der Waals surface area contributed by atoms with Crippen LogP contribution in [-0.2, 0) is 16.4 Å². The third-order valence-electron chi connectivity index (χ3n) is 4.95. The molecule has 1 atom stereocenters. The van der Waals surface area contributed by atoms with E-state index in [1.807, 2.05) is 60.7 Å². The van der Waals surface area contributed by atoms with Crippen molar-refractivity contribution < 1.29 is 13.2 Å². The Morgan fingerprint density at radius 2 is 1.57 bits per heavy atom. The van der Waals surface area contributed by atoms with Crippen molar-refractivity contribution in [3.8, 4) is 0 Å². The highest BCUT2D eigenvalue weighted by Gasteiger charge is 2.20. The molecule has 0 saturated carbocycles. The first-order valence-electron chi connectivity index (χ1n) is 9.83. The second-order valence-corrected chi connectivity index (χ2v) is 8.96. The van der Waals surface area contributed by atoms with Gasteiger partial charge < -0.3 is 4.90 Å². The second-order valence-electron chi connectivity index (χ2n) is 7.24. The molecule has 0 aliphatic heterocycles. The molecule has 3 aromatic carbocycles. The summed E-state index contributed by atoms with van der Waals surface area (Å²) in [6.07, 6.45) is 0.733. The van der Waals surface area contributed by atoms with E-state index in [0.717, 1.165) is 17.5 Å².